The molecule has 31 heavy (non-hydrogen) atoms. The molecule has 0 saturated carbocycles. The zero-order valence-electron chi connectivity index (χ0n) is 21.4. The van der Waals surface area contributed by atoms with Crippen molar-refractivity contribution in [2.45, 2.75) is 88.5 Å². The Kier molecular flexibility index (Phi) is 4.74. The molecule has 1 aromatic heterocycles. The van der Waals surface area contributed by atoms with Crippen molar-refractivity contribution in [2.75, 3.05) is 0 Å². The average molecular weight is 413 g/mol. The average Bonchev–Trinajstić information content (AvgIpc) is 2.94. The second kappa shape index (κ2) is 6.76. The van der Waals surface area contributed by atoms with Gasteiger partial charge in [0.15, 0.2) is 0 Å². The lowest BCUT2D eigenvalue weighted by Gasteiger charge is -2.28. The maximum absolute atomic E-state index is 4.94. The molecule has 162 valence electrons. The second-order valence-electron chi connectivity index (χ2n) is 10.2. The summed E-state index contributed by atoms with van der Waals surface area (Å²) in [5, 5.41) is 0. The van der Waals surface area contributed by atoms with Gasteiger partial charge in [0.1, 0.15) is 5.82 Å². The van der Waals surface area contributed by atoms with Gasteiger partial charge in [-0.05, 0) is 136 Å². The Morgan fingerprint density at radius 1 is 0.452 bits per heavy atom. The Morgan fingerprint density at radius 2 is 0.903 bits per heavy atom. The van der Waals surface area contributed by atoms with Gasteiger partial charge < -0.3 is 0 Å². The van der Waals surface area contributed by atoms with Crippen LogP contribution < -0.4 is 0 Å². The third-order valence-corrected chi connectivity index (χ3v) is 8.24. The van der Waals surface area contributed by atoms with E-state index in [0.717, 1.165) is 17.2 Å². The first-order chi connectivity index (χ1) is 14.3. The number of hydrogen-bond donors (Lipinski definition) is 0. The molecule has 0 spiro atoms. The van der Waals surface area contributed by atoms with Crippen molar-refractivity contribution in [3.63, 3.8) is 0 Å². The molecular formula is C29H36N2. The highest BCUT2D eigenvalue weighted by Gasteiger charge is 2.42. The third kappa shape index (κ3) is 2.70. The number of hydrogen-bond acceptors (Lipinski definition) is 2. The van der Waals surface area contributed by atoms with E-state index in [-0.39, 0.29) is 5.41 Å². The van der Waals surface area contributed by atoms with Gasteiger partial charge in [0.25, 0.3) is 0 Å². The Hall–Kier alpha value is -2.48. The molecule has 0 fully saturated rings. The normalized spacial score (nSPS) is 14.1. The van der Waals surface area contributed by atoms with E-state index in [1.54, 1.807) is 0 Å². The fourth-order valence-corrected chi connectivity index (χ4v) is 6.15. The Labute approximate surface area is 188 Å². The predicted molar refractivity (Wildman–Crippen MR) is 132 cm³/mol. The van der Waals surface area contributed by atoms with Gasteiger partial charge in [0, 0.05) is 16.7 Å². The zero-order chi connectivity index (χ0) is 23.2. The van der Waals surface area contributed by atoms with Crippen molar-refractivity contribution < 1.29 is 0 Å². The van der Waals surface area contributed by atoms with Crippen molar-refractivity contribution >= 4 is 0 Å². The maximum Gasteiger partial charge on any atom is 0.126 e. The summed E-state index contributed by atoms with van der Waals surface area (Å²) in [6.07, 6.45) is 0. The van der Waals surface area contributed by atoms with E-state index >= 15 is 0 Å². The van der Waals surface area contributed by atoms with E-state index in [1.807, 2.05) is 6.92 Å². The summed E-state index contributed by atoms with van der Waals surface area (Å²) in [7, 11) is 0. The standard InChI is InChI=1S/C29H36N2/c1-13-14(2)18(6)26-24(15(13)3)25-17(5)16(4)23(20(8)27(25)29(26,11)12)28-19(7)21(9)30-22(10)31-28/h1-12H3. The summed E-state index contributed by atoms with van der Waals surface area (Å²) in [6.45, 7) is 27.2. The molecule has 2 aromatic carbocycles. The molecule has 0 aliphatic heterocycles. The van der Waals surface area contributed by atoms with Gasteiger partial charge in [0.05, 0.1) is 5.69 Å². The molecule has 0 unspecified atom stereocenters. The van der Waals surface area contributed by atoms with Gasteiger partial charge in [-0.25, -0.2) is 9.97 Å². The van der Waals surface area contributed by atoms with E-state index in [1.165, 1.54) is 72.3 Å². The van der Waals surface area contributed by atoms with Crippen LogP contribution in [0.2, 0.25) is 0 Å². The first-order valence-corrected chi connectivity index (χ1v) is 11.4. The van der Waals surface area contributed by atoms with E-state index in [2.05, 4.69) is 81.1 Å². The SMILES string of the molecule is Cc1nc(C)c(C)c(-c2c(C)c(C)c3c(c2C)C(C)(C)c2c(C)c(C)c(C)c(C)c2-3)n1. The molecule has 4 rings (SSSR count). The molecule has 1 aliphatic rings. The lowest BCUT2D eigenvalue weighted by Crippen LogP contribution is -2.20. The van der Waals surface area contributed by atoms with Crippen LogP contribution in [0.5, 0.6) is 0 Å². The topological polar surface area (TPSA) is 25.8 Å². The molecule has 0 N–H and O–H groups in total. The summed E-state index contributed by atoms with van der Waals surface area (Å²) < 4.78 is 0. The van der Waals surface area contributed by atoms with Gasteiger partial charge in [-0.2, -0.15) is 0 Å². The van der Waals surface area contributed by atoms with Gasteiger partial charge >= 0.3 is 0 Å². The van der Waals surface area contributed by atoms with E-state index < -0.39 is 0 Å². The highest BCUT2D eigenvalue weighted by Crippen LogP contribution is 2.57. The number of aromatic nitrogens is 2. The largest absolute Gasteiger partial charge is 0.238 e. The number of aryl methyl sites for hydroxylation is 2. The minimum atomic E-state index is -0.0414. The highest BCUT2D eigenvalue weighted by molar-refractivity contribution is 5.92. The fourth-order valence-electron chi connectivity index (χ4n) is 6.15. The molecule has 1 heterocycles. The van der Waals surface area contributed by atoms with Gasteiger partial charge in [-0.15, -0.1) is 0 Å². The summed E-state index contributed by atoms with van der Waals surface area (Å²) >= 11 is 0. The molecule has 2 heteroatoms. The Balaban J connectivity index is 2.21. The van der Waals surface area contributed by atoms with Crippen molar-refractivity contribution in [3.05, 3.63) is 67.2 Å². The highest BCUT2D eigenvalue weighted by atomic mass is 14.9. The first-order valence-electron chi connectivity index (χ1n) is 11.4. The van der Waals surface area contributed by atoms with E-state index in [0.29, 0.717) is 0 Å². The number of nitrogens with zero attached hydrogens (tertiary/aromatic N) is 2. The fraction of sp³-hybridized carbons (Fsp3) is 0.448. The van der Waals surface area contributed by atoms with E-state index in [4.69, 9.17) is 4.98 Å². The molecule has 2 nitrogen and oxygen atoms in total. The third-order valence-electron chi connectivity index (χ3n) is 8.24. The summed E-state index contributed by atoms with van der Waals surface area (Å²) in [5.41, 5.74) is 20.4. The van der Waals surface area contributed by atoms with Crippen LogP contribution in [-0.4, -0.2) is 9.97 Å². The molecule has 0 saturated heterocycles. The van der Waals surface area contributed by atoms with Crippen molar-refractivity contribution in [1.82, 2.24) is 9.97 Å². The smallest absolute Gasteiger partial charge is 0.126 e. The number of rotatable bonds is 1. The number of fused-ring (bicyclic) bond motifs is 3. The monoisotopic (exact) mass is 412 g/mol. The van der Waals surface area contributed by atoms with Crippen LogP contribution in [0, 0.1) is 69.2 Å². The quantitative estimate of drug-likeness (QED) is 0.413. The minimum absolute atomic E-state index is 0.0414. The van der Waals surface area contributed by atoms with E-state index in [9.17, 15) is 0 Å². The van der Waals surface area contributed by atoms with Crippen LogP contribution in [0.15, 0.2) is 0 Å². The zero-order valence-corrected chi connectivity index (χ0v) is 21.4. The Bertz CT molecular complexity index is 1290. The molecule has 0 amide bonds. The molecular weight excluding hydrogens is 376 g/mol. The van der Waals surface area contributed by atoms with Gasteiger partial charge in [0.2, 0.25) is 0 Å². The minimum Gasteiger partial charge on any atom is -0.238 e. The first kappa shape index (κ1) is 21.7. The van der Waals surface area contributed by atoms with Crippen LogP contribution in [0.25, 0.3) is 22.4 Å². The lowest BCUT2D eigenvalue weighted by molar-refractivity contribution is 0.649. The second-order valence-corrected chi connectivity index (χ2v) is 10.2. The van der Waals surface area contributed by atoms with Crippen molar-refractivity contribution in [2.24, 2.45) is 0 Å². The molecule has 3 aromatic rings. The van der Waals surface area contributed by atoms with Crippen LogP contribution in [0.4, 0.5) is 0 Å². The molecule has 0 atom stereocenters. The maximum atomic E-state index is 4.94. The lowest BCUT2D eigenvalue weighted by atomic mass is 9.75. The molecule has 0 radical (unpaired) electrons. The summed E-state index contributed by atoms with van der Waals surface area (Å²) in [4.78, 5) is 9.55. The molecule has 1 aliphatic carbocycles. The van der Waals surface area contributed by atoms with Crippen LogP contribution >= 0.6 is 0 Å². The predicted octanol–water partition coefficient (Wildman–Crippen LogP) is 7.53. The van der Waals surface area contributed by atoms with Crippen molar-refractivity contribution in [1.29, 1.82) is 0 Å². The summed E-state index contributed by atoms with van der Waals surface area (Å²) in [5.74, 6) is 0.843. The summed E-state index contributed by atoms with van der Waals surface area (Å²) in [6, 6.07) is 0. The molecule has 0 bridgehead atoms. The van der Waals surface area contributed by atoms with Crippen LogP contribution in [0.3, 0.4) is 0 Å². The van der Waals surface area contributed by atoms with Gasteiger partial charge in [-0.3, -0.25) is 0 Å². The van der Waals surface area contributed by atoms with Crippen molar-refractivity contribution in [3.8, 4) is 22.4 Å². The van der Waals surface area contributed by atoms with Crippen LogP contribution in [0.1, 0.15) is 81.0 Å². The van der Waals surface area contributed by atoms with Gasteiger partial charge in [-0.1, -0.05) is 13.8 Å². The number of benzene rings is 2. The van der Waals surface area contributed by atoms with Crippen LogP contribution in [-0.2, 0) is 5.41 Å². The Morgan fingerprint density at radius 3 is 1.48 bits per heavy atom.